The molecule has 0 aromatic rings. The number of carboxylic acids is 1. The molecule has 53 heavy (non-hydrogen) atoms. The molecule has 1 saturated carbocycles. The van der Waals surface area contributed by atoms with Gasteiger partial charge < -0.3 is 47.0 Å². The summed E-state index contributed by atoms with van der Waals surface area (Å²) in [5.74, 6) is -4.18. The van der Waals surface area contributed by atoms with Crippen LogP contribution < -0.4 is 27.0 Å². The van der Waals surface area contributed by atoms with Crippen LogP contribution in [0.2, 0.25) is 0 Å². The van der Waals surface area contributed by atoms with Crippen LogP contribution in [0.15, 0.2) is 0 Å². The van der Waals surface area contributed by atoms with Crippen LogP contribution in [0.1, 0.15) is 123 Å². The number of aliphatic hydroxyl groups excluding tert-OH is 1. The monoisotopic (exact) mass is 749 g/mol. The van der Waals surface area contributed by atoms with E-state index in [-0.39, 0.29) is 31.8 Å². The first-order valence-electron chi connectivity index (χ1n) is 19.8. The number of likely N-dealkylation sites (tertiary alicyclic amines) is 2. The standard InChI is InChI=1S/C37H63N7O9/c1-3-20-39-35(51)32(24(2)45)42-34(50)29-16-11-22-44(29)37(53)27(23-31(47)48)41-33(49)28-15-8-10-21-43(28)36(52)26(14-7-9-19-38)40-30(46)18-17-25-12-5-4-6-13-25/h24-29,32,45H,3-23,38H2,1-2H3,(H,39,51)(H,40,46)(H,41,49)(H,42,50)(H,47,48)/t24-,26+,27+,28+,29+,32+/m1/s1. The van der Waals surface area contributed by atoms with E-state index in [2.05, 4.69) is 21.3 Å². The van der Waals surface area contributed by atoms with Crippen molar-refractivity contribution >= 4 is 41.4 Å². The summed E-state index contributed by atoms with van der Waals surface area (Å²) in [4.78, 5) is 95.4. The number of amides is 6. The van der Waals surface area contributed by atoms with E-state index in [1.807, 2.05) is 6.92 Å². The number of hydrogen-bond acceptors (Lipinski definition) is 9. The van der Waals surface area contributed by atoms with E-state index in [4.69, 9.17) is 5.73 Å². The number of nitrogens with one attached hydrogen (secondary N) is 4. The van der Waals surface area contributed by atoms with E-state index in [9.17, 15) is 43.8 Å². The van der Waals surface area contributed by atoms with Gasteiger partial charge in [0.1, 0.15) is 30.2 Å². The van der Waals surface area contributed by atoms with Crippen molar-refractivity contribution in [2.75, 3.05) is 26.2 Å². The number of nitrogens with two attached hydrogens (primary N) is 1. The molecule has 1 aliphatic carbocycles. The van der Waals surface area contributed by atoms with Crippen LogP contribution in [0.3, 0.4) is 0 Å². The molecule has 16 nitrogen and oxygen atoms in total. The van der Waals surface area contributed by atoms with Gasteiger partial charge in [-0.25, -0.2) is 0 Å². The summed E-state index contributed by atoms with van der Waals surface area (Å²) in [5, 5.41) is 30.6. The zero-order valence-electron chi connectivity index (χ0n) is 31.6. The molecule has 2 aliphatic heterocycles. The lowest BCUT2D eigenvalue weighted by molar-refractivity contribution is -0.149. The van der Waals surface area contributed by atoms with Gasteiger partial charge in [0.25, 0.3) is 0 Å². The summed E-state index contributed by atoms with van der Waals surface area (Å²) >= 11 is 0. The number of nitrogens with zero attached hydrogens (tertiary/aromatic N) is 2. The molecule has 0 aromatic heterocycles. The number of hydrogen-bond donors (Lipinski definition) is 7. The molecule has 3 fully saturated rings. The normalized spacial score (nSPS) is 21.5. The maximum atomic E-state index is 14.1. The molecule has 2 saturated heterocycles. The second-order valence-electron chi connectivity index (χ2n) is 14.9. The van der Waals surface area contributed by atoms with Crippen molar-refractivity contribution in [1.29, 1.82) is 0 Å². The van der Waals surface area contributed by atoms with Gasteiger partial charge in [0.15, 0.2) is 0 Å². The fourth-order valence-electron chi connectivity index (χ4n) is 7.65. The van der Waals surface area contributed by atoms with Crippen LogP contribution in [-0.4, -0.2) is 124 Å². The number of aliphatic carboxylic acids is 1. The van der Waals surface area contributed by atoms with Gasteiger partial charge in [-0.1, -0.05) is 39.0 Å². The first-order valence-corrected chi connectivity index (χ1v) is 19.8. The highest BCUT2D eigenvalue weighted by Gasteiger charge is 2.42. The third-order valence-electron chi connectivity index (χ3n) is 10.6. The zero-order valence-corrected chi connectivity index (χ0v) is 31.6. The average Bonchev–Trinajstić information content (AvgIpc) is 3.64. The van der Waals surface area contributed by atoms with E-state index < -0.39 is 78.2 Å². The minimum atomic E-state index is -1.53. The molecule has 300 valence electrons. The highest BCUT2D eigenvalue weighted by Crippen LogP contribution is 2.27. The summed E-state index contributed by atoms with van der Waals surface area (Å²) in [6, 6.07) is -5.71. The van der Waals surface area contributed by atoms with Gasteiger partial charge in [0, 0.05) is 26.1 Å². The van der Waals surface area contributed by atoms with Gasteiger partial charge in [-0.3, -0.25) is 33.6 Å². The summed E-state index contributed by atoms with van der Waals surface area (Å²) < 4.78 is 0. The van der Waals surface area contributed by atoms with Gasteiger partial charge in [-0.15, -0.1) is 0 Å². The number of aliphatic hydroxyl groups is 1. The third kappa shape index (κ3) is 13.5. The van der Waals surface area contributed by atoms with Crippen molar-refractivity contribution in [3.8, 4) is 0 Å². The number of carboxylic acid groups (broad SMARTS) is 1. The quantitative estimate of drug-likeness (QED) is 0.0859. The summed E-state index contributed by atoms with van der Waals surface area (Å²) in [6.45, 7) is 4.36. The summed E-state index contributed by atoms with van der Waals surface area (Å²) in [5.41, 5.74) is 5.71. The van der Waals surface area contributed by atoms with Crippen molar-refractivity contribution in [2.24, 2.45) is 11.7 Å². The number of rotatable bonds is 20. The number of carbonyl (C=O) groups is 7. The molecular formula is C37H63N7O9. The number of unbranched alkanes of at least 4 members (excludes halogenated alkanes) is 1. The Morgan fingerprint density at radius 2 is 1.38 bits per heavy atom. The average molecular weight is 750 g/mol. The second-order valence-corrected chi connectivity index (χ2v) is 14.9. The summed E-state index contributed by atoms with van der Waals surface area (Å²) in [7, 11) is 0. The van der Waals surface area contributed by atoms with E-state index in [1.54, 1.807) is 0 Å². The Bertz CT molecular complexity index is 1260. The molecule has 16 heteroatoms. The minimum Gasteiger partial charge on any atom is -0.481 e. The largest absolute Gasteiger partial charge is 0.481 e. The van der Waals surface area contributed by atoms with Crippen molar-refractivity contribution in [1.82, 2.24) is 31.1 Å². The summed E-state index contributed by atoms with van der Waals surface area (Å²) in [6.07, 6.45) is 9.30. The lowest BCUT2D eigenvalue weighted by atomic mass is 9.86. The van der Waals surface area contributed by atoms with Gasteiger partial charge in [0.2, 0.25) is 35.4 Å². The Morgan fingerprint density at radius 1 is 0.774 bits per heavy atom. The predicted molar refractivity (Wildman–Crippen MR) is 196 cm³/mol. The molecule has 0 spiro atoms. The van der Waals surface area contributed by atoms with Crippen LogP contribution in [0.25, 0.3) is 0 Å². The van der Waals surface area contributed by atoms with Crippen molar-refractivity contribution in [2.45, 2.75) is 159 Å². The Kier molecular flexibility index (Phi) is 18.5. The minimum absolute atomic E-state index is 0.114. The second kappa shape index (κ2) is 22.4. The first kappa shape index (κ1) is 43.6. The van der Waals surface area contributed by atoms with Crippen LogP contribution in [-0.2, 0) is 33.6 Å². The Labute approximate surface area is 313 Å². The van der Waals surface area contributed by atoms with Crippen LogP contribution in [0, 0.1) is 5.92 Å². The fraction of sp³-hybridized carbons (Fsp3) is 0.811. The lowest BCUT2D eigenvalue weighted by Crippen LogP contribution is -2.61. The molecule has 6 amide bonds. The molecular weight excluding hydrogens is 686 g/mol. The van der Waals surface area contributed by atoms with Crippen molar-refractivity contribution in [3.63, 3.8) is 0 Å². The van der Waals surface area contributed by atoms with Gasteiger partial charge in [-0.05, 0) is 83.6 Å². The van der Waals surface area contributed by atoms with Crippen LogP contribution in [0.5, 0.6) is 0 Å². The molecule has 2 heterocycles. The Morgan fingerprint density at radius 3 is 2.00 bits per heavy atom. The van der Waals surface area contributed by atoms with Gasteiger partial charge in [0.05, 0.1) is 12.5 Å². The Balaban J connectivity index is 1.73. The smallest absolute Gasteiger partial charge is 0.305 e. The van der Waals surface area contributed by atoms with Crippen molar-refractivity contribution < 1.29 is 43.8 Å². The highest BCUT2D eigenvalue weighted by atomic mass is 16.4. The first-order chi connectivity index (χ1) is 25.4. The molecule has 8 N–H and O–H groups in total. The van der Waals surface area contributed by atoms with Gasteiger partial charge >= 0.3 is 5.97 Å². The molecule has 3 aliphatic rings. The molecule has 6 atom stereocenters. The zero-order chi connectivity index (χ0) is 38.9. The van der Waals surface area contributed by atoms with Crippen LogP contribution in [0.4, 0.5) is 0 Å². The maximum absolute atomic E-state index is 14.1. The molecule has 0 bridgehead atoms. The van der Waals surface area contributed by atoms with E-state index in [1.165, 1.54) is 36.0 Å². The van der Waals surface area contributed by atoms with Crippen molar-refractivity contribution in [3.05, 3.63) is 0 Å². The molecule has 0 aromatic carbocycles. The topological polar surface area (TPSA) is 241 Å². The SMILES string of the molecule is CCCNC(=O)[C@@H](NC(=O)[C@@H]1CCCN1C(=O)[C@H](CC(=O)O)NC(=O)[C@@H]1CCCCN1C(=O)[C@H](CCCCN)NC(=O)CCC1CCCCC1)[C@@H](C)O. The molecule has 0 unspecified atom stereocenters. The number of piperidine rings is 1. The Hall–Kier alpha value is -3.79. The fourth-order valence-corrected chi connectivity index (χ4v) is 7.65. The highest BCUT2D eigenvalue weighted by molar-refractivity contribution is 5.98. The van der Waals surface area contributed by atoms with E-state index in [0.29, 0.717) is 70.4 Å². The molecule has 0 radical (unpaired) electrons. The van der Waals surface area contributed by atoms with E-state index >= 15 is 0 Å². The predicted octanol–water partition coefficient (Wildman–Crippen LogP) is 0.684. The number of carbonyl (C=O) groups excluding carboxylic acids is 6. The van der Waals surface area contributed by atoms with E-state index in [0.717, 1.165) is 19.3 Å². The lowest BCUT2D eigenvalue weighted by Gasteiger charge is -2.38. The maximum Gasteiger partial charge on any atom is 0.305 e. The molecule has 3 rings (SSSR count). The third-order valence-corrected chi connectivity index (χ3v) is 10.6. The van der Waals surface area contributed by atoms with Gasteiger partial charge in [-0.2, -0.15) is 0 Å². The van der Waals surface area contributed by atoms with Crippen LogP contribution >= 0.6 is 0 Å².